The molecule has 0 aliphatic rings. The minimum atomic E-state index is 0. The summed E-state index contributed by atoms with van der Waals surface area (Å²) in [6.07, 6.45) is 0.935. The van der Waals surface area contributed by atoms with Crippen LogP contribution in [-0.4, -0.2) is 26.7 Å². The largest absolute Gasteiger partial charge is 0.497 e. The minimum absolute atomic E-state index is 0. The minimum Gasteiger partial charge on any atom is -0.497 e. The number of benzene rings is 2. The molecule has 0 bridgehead atoms. The Kier molecular flexibility index (Phi) is 9.22. The highest BCUT2D eigenvalue weighted by molar-refractivity contribution is 14.0. The maximum Gasteiger partial charge on any atom is 0.191 e. The molecule has 0 radical (unpaired) electrons. The van der Waals surface area contributed by atoms with Gasteiger partial charge in [-0.05, 0) is 36.6 Å². The molecule has 24 heavy (non-hydrogen) atoms. The van der Waals surface area contributed by atoms with Crippen molar-refractivity contribution < 1.29 is 4.74 Å². The number of nitrogens with one attached hydrogen (secondary N) is 2. The quantitative estimate of drug-likeness (QED) is 0.409. The van der Waals surface area contributed by atoms with Gasteiger partial charge in [0.15, 0.2) is 5.96 Å². The zero-order valence-electron chi connectivity index (χ0n) is 14.5. The second kappa shape index (κ2) is 10.9. The third kappa shape index (κ3) is 6.39. The molecular weight excluding hydrogens is 413 g/mol. The molecule has 0 heterocycles. The van der Waals surface area contributed by atoms with Gasteiger partial charge in [-0.1, -0.05) is 42.5 Å². The molecule has 4 nitrogen and oxygen atoms in total. The van der Waals surface area contributed by atoms with Crippen molar-refractivity contribution in [2.24, 2.45) is 4.99 Å². The zero-order valence-corrected chi connectivity index (χ0v) is 16.8. The summed E-state index contributed by atoms with van der Waals surface area (Å²) in [7, 11) is 3.47. The van der Waals surface area contributed by atoms with Crippen LogP contribution < -0.4 is 15.4 Å². The highest BCUT2D eigenvalue weighted by Gasteiger charge is 2.06. The van der Waals surface area contributed by atoms with Crippen LogP contribution in [0, 0.1) is 0 Å². The molecule has 0 aromatic heterocycles. The van der Waals surface area contributed by atoms with E-state index in [2.05, 4.69) is 46.8 Å². The van der Waals surface area contributed by atoms with Crippen LogP contribution in [0.4, 0.5) is 0 Å². The molecule has 0 saturated carbocycles. The topological polar surface area (TPSA) is 45.7 Å². The molecule has 1 atom stereocenters. The summed E-state index contributed by atoms with van der Waals surface area (Å²) in [5.41, 5.74) is 2.51. The number of guanidine groups is 1. The Morgan fingerprint density at radius 3 is 2.33 bits per heavy atom. The van der Waals surface area contributed by atoms with Crippen LogP contribution in [0.2, 0.25) is 0 Å². The molecule has 0 amide bonds. The molecule has 0 saturated heterocycles. The first-order valence-corrected chi connectivity index (χ1v) is 7.88. The van der Waals surface area contributed by atoms with Crippen LogP contribution in [0.3, 0.4) is 0 Å². The highest BCUT2D eigenvalue weighted by atomic mass is 127. The number of ether oxygens (including phenoxy) is 1. The number of hydrogen-bond donors (Lipinski definition) is 2. The van der Waals surface area contributed by atoms with Gasteiger partial charge in [-0.3, -0.25) is 4.99 Å². The fourth-order valence-corrected chi connectivity index (χ4v) is 2.34. The van der Waals surface area contributed by atoms with E-state index in [1.54, 1.807) is 14.2 Å². The van der Waals surface area contributed by atoms with Crippen molar-refractivity contribution >= 4 is 29.9 Å². The van der Waals surface area contributed by atoms with Crippen LogP contribution in [0.1, 0.15) is 24.1 Å². The molecule has 0 aliphatic heterocycles. The van der Waals surface area contributed by atoms with Crippen molar-refractivity contribution in [3.05, 3.63) is 65.7 Å². The molecule has 0 aliphatic carbocycles. The highest BCUT2D eigenvalue weighted by Crippen LogP contribution is 2.12. The van der Waals surface area contributed by atoms with Crippen LogP contribution in [0.15, 0.2) is 59.6 Å². The Balaban J connectivity index is 0.00000288. The smallest absolute Gasteiger partial charge is 0.191 e. The Bertz CT molecular complexity index is 614. The fourth-order valence-electron chi connectivity index (χ4n) is 2.34. The average Bonchev–Trinajstić information content (AvgIpc) is 2.62. The summed E-state index contributed by atoms with van der Waals surface area (Å²) in [6.45, 7) is 2.96. The summed E-state index contributed by atoms with van der Waals surface area (Å²) in [4.78, 5) is 4.29. The molecule has 0 fully saturated rings. The number of rotatable bonds is 6. The second-order valence-electron chi connectivity index (χ2n) is 5.37. The third-order valence-corrected chi connectivity index (χ3v) is 3.74. The van der Waals surface area contributed by atoms with E-state index < -0.39 is 0 Å². The van der Waals surface area contributed by atoms with Gasteiger partial charge in [-0.2, -0.15) is 0 Å². The van der Waals surface area contributed by atoms with Gasteiger partial charge in [0, 0.05) is 13.6 Å². The summed E-state index contributed by atoms with van der Waals surface area (Å²) >= 11 is 0. The van der Waals surface area contributed by atoms with E-state index in [0.717, 1.165) is 24.7 Å². The molecule has 2 aromatic rings. The van der Waals surface area contributed by atoms with Crippen molar-refractivity contribution in [2.75, 3.05) is 20.7 Å². The molecule has 5 heteroatoms. The zero-order chi connectivity index (χ0) is 16.5. The van der Waals surface area contributed by atoms with Crippen LogP contribution in [0.25, 0.3) is 0 Å². The van der Waals surface area contributed by atoms with Crippen molar-refractivity contribution in [1.82, 2.24) is 10.6 Å². The van der Waals surface area contributed by atoms with E-state index in [1.165, 1.54) is 11.1 Å². The lowest BCUT2D eigenvalue weighted by atomic mass is 10.1. The predicted molar refractivity (Wildman–Crippen MR) is 111 cm³/mol. The van der Waals surface area contributed by atoms with Gasteiger partial charge in [0.05, 0.1) is 13.2 Å². The van der Waals surface area contributed by atoms with E-state index in [-0.39, 0.29) is 30.0 Å². The molecule has 130 valence electrons. The molecule has 1 unspecified atom stereocenters. The average molecular weight is 439 g/mol. The standard InChI is InChI=1S/C19H25N3O.HI/c1-15(17-7-5-4-6-8-17)22-19(20-2)21-14-13-16-9-11-18(23-3)12-10-16;/h4-12,15H,13-14H2,1-3H3,(H2,20,21,22);1H. The summed E-state index contributed by atoms with van der Waals surface area (Å²) in [5.74, 6) is 1.70. The molecule has 0 spiro atoms. The summed E-state index contributed by atoms with van der Waals surface area (Å²) in [6, 6.07) is 18.7. The van der Waals surface area contributed by atoms with Crippen LogP contribution >= 0.6 is 24.0 Å². The third-order valence-electron chi connectivity index (χ3n) is 3.74. The first kappa shape index (κ1) is 20.3. The Labute approximate surface area is 161 Å². The maximum atomic E-state index is 5.17. The van der Waals surface area contributed by atoms with Gasteiger partial charge in [-0.25, -0.2) is 0 Å². The van der Waals surface area contributed by atoms with Gasteiger partial charge in [-0.15, -0.1) is 24.0 Å². The molecule has 2 aromatic carbocycles. The molecule has 2 rings (SSSR count). The Morgan fingerprint density at radius 1 is 1.08 bits per heavy atom. The number of methoxy groups -OCH3 is 1. The van der Waals surface area contributed by atoms with E-state index in [4.69, 9.17) is 4.74 Å². The van der Waals surface area contributed by atoms with Gasteiger partial charge < -0.3 is 15.4 Å². The van der Waals surface area contributed by atoms with Crippen molar-refractivity contribution in [3.63, 3.8) is 0 Å². The van der Waals surface area contributed by atoms with Crippen LogP contribution in [0.5, 0.6) is 5.75 Å². The SMILES string of the molecule is CN=C(NCCc1ccc(OC)cc1)NC(C)c1ccccc1.I. The lowest BCUT2D eigenvalue weighted by Crippen LogP contribution is -2.39. The Morgan fingerprint density at radius 2 is 1.75 bits per heavy atom. The van der Waals surface area contributed by atoms with Crippen molar-refractivity contribution in [3.8, 4) is 5.75 Å². The second-order valence-corrected chi connectivity index (χ2v) is 5.37. The predicted octanol–water partition coefficient (Wildman–Crippen LogP) is 3.78. The lowest BCUT2D eigenvalue weighted by Gasteiger charge is -2.18. The van der Waals surface area contributed by atoms with Gasteiger partial charge in [0.25, 0.3) is 0 Å². The molecular formula is C19H26IN3O. The van der Waals surface area contributed by atoms with E-state index in [9.17, 15) is 0 Å². The van der Waals surface area contributed by atoms with E-state index in [1.807, 2.05) is 30.3 Å². The van der Waals surface area contributed by atoms with Crippen molar-refractivity contribution in [2.45, 2.75) is 19.4 Å². The van der Waals surface area contributed by atoms with Crippen molar-refractivity contribution in [1.29, 1.82) is 0 Å². The van der Waals surface area contributed by atoms with Gasteiger partial charge >= 0.3 is 0 Å². The van der Waals surface area contributed by atoms with Crippen LogP contribution in [-0.2, 0) is 6.42 Å². The summed E-state index contributed by atoms with van der Waals surface area (Å²) < 4.78 is 5.17. The van der Waals surface area contributed by atoms with Gasteiger partial charge in [0.1, 0.15) is 5.75 Å². The first-order valence-electron chi connectivity index (χ1n) is 7.88. The fraction of sp³-hybridized carbons (Fsp3) is 0.316. The van der Waals surface area contributed by atoms with E-state index in [0.29, 0.717) is 0 Å². The van der Waals surface area contributed by atoms with E-state index >= 15 is 0 Å². The number of nitrogens with zero attached hydrogens (tertiary/aromatic N) is 1. The Hall–Kier alpha value is -1.76. The lowest BCUT2D eigenvalue weighted by molar-refractivity contribution is 0.414. The maximum absolute atomic E-state index is 5.17. The number of aliphatic imine (C=N–C) groups is 1. The molecule has 2 N–H and O–H groups in total. The monoisotopic (exact) mass is 439 g/mol. The van der Waals surface area contributed by atoms with Gasteiger partial charge in [0.2, 0.25) is 0 Å². The summed E-state index contributed by atoms with van der Waals surface area (Å²) in [5, 5.41) is 6.76. The normalized spacial score (nSPS) is 12.0. The number of hydrogen-bond acceptors (Lipinski definition) is 2. The first-order chi connectivity index (χ1) is 11.2. The number of halogens is 1.